The van der Waals surface area contributed by atoms with Gasteiger partial charge < -0.3 is 14.5 Å². The molecular formula is C20H29N3O3. The van der Waals surface area contributed by atoms with Gasteiger partial charge in [-0.25, -0.2) is 0 Å². The van der Waals surface area contributed by atoms with E-state index in [1.54, 1.807) is 13.2 Å². The zero-order valence-electron chi connectivity index (χ0n) is 15.8. The molecule has 2 amide bonds. The minimum absolute atomic E-state index is 0.0277. The second-order valence-corrected chi connectivity index (χ2v) is 7.36. The molecule has 2 aliphatic rings. The highest BCUT2D eigenvalue weighted by Crippen LogP contribution is 2.17. The summed E-state index contributed by atoms with van der Waals surface area (Å²) < 4.78 is 5.20. The first-order valence-electron chi connectivity index (χ1n) is 9.50. The first-order chi connectivity index (χ1) is 12.6. The Labute approximate surface area is 155 Å². The van der Waals surface area contributed by atoms with Gasteiger partial charge in [-0.05, 0) is 37.0 Å². The largest absolute Gasteiger partial charge is 0.497 e. The van der Waals surface area contributed by atoms with E-state index >= 15 is 0 Å². The number of amides is 2. The van der Waals surface area contributed by atoms with Crippen molar-refractivity contribution < 1.29 is 14.3 Å². The van der Waals surface area contributed by atoms with Crippen molar-refractivity contribution in [1.29, 1.82) is 0 Å². The van der Waals surface area contributed by atoms with Crippen LogP contribution in [0.3, 0.4) is 0 Å². The van der Waals surface area contributed by atoms with Crippen LogP contribution >= 0.6 is 0 Å². The van der Waals surface area contributed by atoms with E-state index in [0.29, 0.717) is 30.9 Å². The van der Waals surface area contributed by atoms with E-state index in [-0.39, 0.29) is 11.8 Å². The monoisotopic (exact) mass is 359 g/mol. The molecule has 6 heteroatoms. The van der Waals surface area contributed by atoms with Gasteiger partial charge in [-0.1, -0.05) is 13.0 Å². The molecule has 1 aromatic rings. The minimum atomic E-state index is 0.0277. The van der Waals surface area contributed by atoms with E-state index in [9.17, 15) is 9.59 Å². The summed E-state index contributed by atoms with van der Waals surface area (Å²) in [4.78, 5) is 31.1. The molecule has 0 aliphatic carbocycles. The Bertz CT molecular complexity index is 633. The molecule has 0 radical (unpaired) electrons. The van der Waals surface area contributed by atoms with Crippen LogP contribution in [0.25, 0.3) is 0 Å². The van der Waals surface area contributed by atoms with Crippen LogP contribution in [0.4, 0.5) is 0 Å². The summed E-state index contributed by atoms with van der Waals surface area (Å²) in [6.45, 7) is 7.27. The van der Waals surface area contributed by atoms with Crippen LogP contribution in [0.15, 0.2) is 24.3 Å². The molecule has 26 heavy (non-hydrogen) atoms. The fraction of sp³-hybridized carbons (Fsp3) is 0.600. The molecule has 0 unspecified atom stereocenters. The fourth-order valence-electron chi connectivity index (χ4n) is 3.60. The van der Waals surface area contributed by atoms with E-state index < -0.39 is 0 Å². The normalized spacial score (nSPS) is 19.5. The van der Waals surface area contributed by atoms with Crippen LogP contribution in [0.5, 0.6) is 5.75 Å². The molecule has 0 atom stereocenters. The van der Waals surface area contributed by atoms with E-state index in [1.807, 2.05) is 28.0 Å². The van der Waals surface area contributed by atoms with Gasteiger partial charge in [0.1, 0.15) is 5.75 Å². The molecule has 0 N–H and O–H groups in total. The molecule has 2 aliphatic heterocycles. The summed E-state index contributed by atoms with van der Waals surface area (Å²) >= 11 is 0. The maximum atomic E-state index is 12.7. The molecule has 3 rings (SSSR count). The lowest BCUT2D eigenvalue weighted by Gasteiger charge is -2.36. The van der Waals surface area contributed by atoms with E-state index in [0.717, 1.165) is 44.9 Å². The summed E-state index contributed by atoms with van der Waals surface area (Å²) in [7, 11) is 1.60. The molecule has 0 saturated carbocycles. The van der Waals surface area contributed by atoms with Crippen molar-refractivity contribution >= 4 is 11.8 Å². The third-order valence-electron chi connectivity index (χ3n) is 5.47. The van der Waals surface area contributed by atoms with Gasteiger partial charge in [0, 0.05) is 44.8 Å². The molecule has 2 heterocycles. The predicted molar refractivity (Wildman–Crippen MR) is 100 cm³/mol. The fourth-order valence-corrected chi connectivity index (χ4v) is 3.60. The van der Waals surface area contributed by atoms with Crippen LogP contribution in [0, 0.1) is 5.92 Å². The SMILES string of the molecule is COc1cccc(C(=O)N2CCN(CC(=O)N3CCC(C)CC3)CC2)c1. The number of piperidine rings is 1. The highest BCUT2D eigenvalue weighted by molar-refractivity contribution is 5.94. The Balaban J connectivity index is 1.47. The smallest absolute Gasteiger partial charge is 0.254 e. The van der Waals surface area contributed by atoms with Crippen molar-refractivity contribution in [3.05, 3.63) is 29.8 Å². The first-order valence-corrected chi connectivity index (χ1v) is 9.50. The molecule has 0 bridgehead atoms. The number of rotatable bonds is 4. The maximum Gasteiger partial charge on any atom is 0.254 e. The van der Waals surface area contributed by atoms with Crippen LogP contribution in [0.1, 0.15) is 30.1 Å². The molecule has 6 nitrogen and oxygen atoms in total. The number of carbonyl (C=O) groups excluding carboxylic acids is 2. The molecule has 2 fully saturated rings. The summed E-state index contributed by atoms with van der Waals surface area (Å²) in [6.07, 6.45) is 2.21. The average Bonchev–Trinajstić information content (AvgIpc) is 2.68. The Kier molecular flexibility index (Phi) is 6.14. The average molecular weight is 359 g/mol. The second kappa shape index (κ2) is 8.54. The van der Waals surface area contributed by atoms with Crippen LogP contribution in [0.2, 0.25) is 0 Å². The lowest BCUT2D eigenvalue weighted by Crippen LogP contribution is -2.52. The zero-order valence-corrected chi connectivity index (χ0v) is 15.8. The second-order valence-electron chi connectivity index (χ2n) is 7.36. The highest BCUT2D eigenvalue weighted by Gasteiger charge is 2.26. The molecule has 0 aromatic heterocycles. The Morgan fingerprint density at radius 1 is 1.04 bits per heavy atom. The highest BCUT2D eigenvalue weighted by atomic mass is 16.5. The van der Waals surface area contributed by atoms with Crippen molar-refractivity contribution in [3.63, 3.8) is 0 Å². The number of hydrogen-bond donors (Lipinski definition) is 0. The van der Waals surface area contributed by atoms with Crippen molar-refractivity contribution in [3.8, 4) is 5.75 Å². The first kappa shape index (κ1) is 18.7. The van der Waals surface area contributed by atoms with Crippen molar-refractivity contribution in [2.45, 2.75) is 19.8 Å². The van der Waals surface area contributed by atoms with E-state index in [2.05, 4.69) is 11.8 Å². The van der Waals surface area contributed by atoms with E-state index in [1.165, 1.54) is 0 Å². The Hall–Kier alpha value is -2.08. The molecule has 1 aromatic carbocycles. The van der Waals surface area contributed by atoms with Crippen LogP contribution < -0.4 is 4.74 Å². The van der Waals surface area contributed by atoms with E-state index in [4.69, 9.17) is 4.74 Å². The minimum Gasteiger partial charge on any atom is -0.497 e. The van der Waals surface area contributed by atoms with Gasteiger partial charge >= 0.3 is 0 Å². The maximum absolute atomic E-state index is 12.7. The summed E-state index contributed by atoms with van der Waals surface area (Å²) in [5, 5.41) is 0. The Morgan fingerprint density at radius 3 is 2.38 bits per heavy atom. The number of hydrogen-bond acceptors (Lipinski definition) is 4. The lowest BCUT2D eigenvalue weighted by molar-refractivity contribution is -0.134. The zero-order chi connectivity index (χ0) is 18.5. The summed E-state index contributed by atoms with van der Waals surface area (Å²) in [5.41, 5.74) is 0.649. The van der Waals surface area contributed by atoms with Crippen LogP contribution in [-0.2, 0) is 4.79 Å². The van der Waals surface area contributed by atoms with Crippen molar-refractivity contribution in [1.82, 2.24) is 14.7 Å². The number of methoxy groups -OCH3 is 1. The number of likely N-dealkylation sites (tertiary alicyclic amines) is 1. The number of carbonyl (C=O) groups is 2. The van der Waals surface area contributed by atoms with Gasteiger partial charge in [0.05, 0.1) is 13.7 Å². The van der Waals surface area contributed by atoms with Gasteiger partial charge in [-0.2, -0.15) is 0 Å². The third-order valence-corrected chi connectivity index (χ3v) is 5.47. The van der Waals surface area contributed by atoms with Gasteiger partial charge in [0.25, 0.3) is 5.91 Å². The summed E-state index contributed by atoms with van der Waals surface area (Å²) in [5.74, 6) is 1.67. The Morgan fingerprint density at radius 2 is 1.73 bits per heavy atom. The quantitative estimate of drug-likeness (QED) is 0.821. The van der Waals surface area contributed by atoms with Crippen molar-refractivity contribution in [2.75, 3.05) is 52.9 Å². The molecule has 142 valence electrons. The molecular weight excluding hydrogens is 330 g/mol. The predicted octanol–water partition coefficient (Wildman–Crippen LogP) is 1.71. The summed E-state index contributed by atoms with van der Waals surface area (Å²) in [6, 6.07) is 7.26. The molecule has 2 saturated heterocycles. The third kappa shape index (κ3) is 4.55. The number of ether oxygens (including phenoxy) is 1. The molecule has 0 spiro atoms. The van der Waals surface area contributed by atoms with Crippen LogP contribution in [-0.4, -0.2) is 79.4 Å². The standard InChI is InChI=1S/C20H29N3O3/c1-16-6-8-22(9-7-16)19(24)15-21-10-12-23(13-11-21)20(25)17-4-3-5-18(14-17)26-2/h3-5,14,16H,6-13,15H2,1-2H3. The van der Waals surface area contributed by atoms with Gasteiger partial charge in [-0.15, -0.1) is 0 Å². The van der Waals surface area contributed by atoms with Gasteiger partial charge in [0.15, 0.2) is 0 Å². The lowest BCUT2D eigenvalue weighted by atomic mass is 9.99. The van der Waals surface area contributed by atoms with Crippen molar-refractivity contribution in [2.24, 2.45) is 5.92 Å². The number of nitrogens with zero attached hydrogens (tertiary/aromatic N) is 3. The topological polar surface area (TPSA) is 53.1 Å². The number of benzene rings is 1. The number of piperazine rings is 1. The van der Waals surface area contributed by atoms with Gasteiger partial charge in [0.2, 0.25) is 5.91 Å². The van der Waals surface area contributed by atoms with Gasteiger partial charge in [-0.3, -0.25) is 14.5 Å².